The highest BCUT2D eigenvalue weighted by Gasteiger charge is 2.04. The molecule has 84 valence electrons. The fraction of sp³-hybridized carbons (Fsp3) is 0.273. The fourth-order valence-corrected chi connectivity index (χ4v) is 1.20. The Morgan fingerprint density at radius 2 is 1.88 bits per heavy atom. The number of hydrogen-bond acceptors (Lipinski definition) is 5. The van der Waals surface area contributed by atoms with Crippen LogP contribution in [0.5, 0.6) is 5.75 Å². The van der Waals surface area contributed by atoms with Crippen LogP contribution in [0.2, 0.25) is 0 Å². The number of ether oxygens (including phenoxy) is 1. The van der Waals surface area contributed by atoms with Crippen molar-refractivity contribution in [2.24, 2.45) is 0 Å². The van der Waals surface area contributed by atoms with Crippen LogP contribution in [0.25, 0.3) is 0 Å². The summed E-state index contributed by atoms with van der Waals surface area (Å²) in [4.78, 5) is 0. The Hall–Kier alpha value is -2.04. The summed E-state index contributed by atoms with van der Waals surface area (Å²) < 4.78 is 10.8. The van der Waals surface area contributed by atoms with Crippen LogP contribution in [0.15, 0.2) is 28.7 Å². The van der Waals surface area contributed by atoms with Gasteiger partial charge in [0.25, 0.3) is 5.89 Å². The zero-order valence-electron chi connectivity index (χ0n) is 9.01. The molecule has 16 heavy (non-hydrogen) atoms. The van der Waals surface area contributed by atoms with Gasteiger partial charge in [-0.05, 0) is 24.3 Å². The lowest BCUT2D eigenvalue weighted by Crippen LogP contribution is -1.95. The van der Waals surface area contributed by atoms with Gasteiger partial charge in [0.05, 0.1) is 0 Å². The van der Waals surface area contributed by atoms with Crippen molar-refractivity contribution in [3.8, 4) is 5.75 Å². The second kappa shape index (κ2) is 4.65. The number of nitrogens with two attached hydrogens (primary N) is 1. The summed E-state index contributed by atoms with van der Waals surface area (Å²) in [6, 6.07) is 7.15. The van der Waals surface area contributed by atoms with E-state index in [0.717, 1.165) is 12.2 Å². The van der Waals surface area contributed by atoms with E-state index in [-0.39, 0.29) is 6.61 Å². The lowest BCUT2D eigenvalue weighted by atomic mass is 10.3. The minimum absolute atomic E-state index is 0.275. The number of nitrogens with zero attached hydrogens (tertiary/aromatic N) is 2. The standard InChI is InChI=1S/C11H13N3O2/c1-2-10-13-14-11(16-10)7-15-9-5-3-8(12)4-6-9/h3-6H,2,7,12H2,1H3. The molecular formula is C11H13N3O2. The molecule has 2 rings (SSSR count). The molecule has 0 aliphatic rings. The number of nitrogen functional groups attached to an aromatic ring is 1. The Balaban J connectivity index is 1.94. The van der Waals surface area contributed by atoms with Crippen molar-refractivity contribution >= 4 is 5.69 Å². The van der Waals surface area contributed by atoms with Crippen LogP contribution in [0, 0.1) is 0 Å². The summed E-state index contributed by atoms with van der Waals surface area (Å²) in [6.07, 6.45) is 0.731. The predicted octanol–water partition coefficient (Wildman–Crippen LogP) is 1.79. The third kappa shape index (κ3) is 2.50. The van der Waals surface area contributed by atoms with Crippen molar-refractivity contribution < 1.29 is 9.15 Å². The molecule has 0 bridgehead atoms. The maximum Gasteiger partial charge on any atom is 0.253 e. The second-order valence-corrected chi connectivity index (χ2v) is 3.30. The van der Waals surface area contributed by atoms with Crippen LogP contribution in [0.4, 0.5) is 5.69 Å². The Kier molecular flexibility index (Phi) is 3.05. The average molecular weight is 219 g/mol. The monoisotopic (exact) mass is 219 g/mol. The van der Waals surface area contributed by atoms with Crippen molar-refractivity contribution in [1.29, 1.82) is 0 Å². The molecule has 0 radical (unpaired) electrons. The van der Waals surface area contributed by atoms with Crippen LogP contribution in [0.1, 0.15) is 18.7 Å². The highest BCUT2D eigenvalue weighted by atomic mass is 16.5. The largest absolute Gasteiger partial charge is 0.484 e. The van der Waals surface area contributed by atoms with Crippen LogP contribution in [-0.2, 0) is 13.0 Å². The highest BCUT2D eigenvalue weighted by Crippen LogP contribution is 2.14. The van der Waals surface area contributed by atoms with E-state index in [1.807, 2.05) is 6.92 Å². The van der Waals surface area contributed by atoms with Gasteiger partial charge in [-0.15, -0.1) is 10.2 Å². The maximum absolute atomic E-state index is 5.56. The smallest absolute Gasteiger partial charge is 0.253 e. The van der Waals surface area contributed by atoms with Crippen molar-refractivity contribution in [2.75, 3.05) is 5.73 Å². The van der Waals surface area contributed by atoms with Gasteiger partial charge >= 0.3 is 0 Å². The third-order valence-electron chi connectivity index (χ3n) is 2.05. The molecule has 0 spiro atoms. The van der Waals surface area contributed by atoms with E-state index < -0.39 is 0 Å². The van der Waals surface area contributed by atoms with Gasteiger partial charge in [-0.25, -0.2) is 0 Å². The second-order valence-electron chi connectivity index (χ2n) is 3.30. The lowest BCUT2D eigenvalue weighted by Gasteiger charge is -2.02. The van der Waals surface area contributed by atoms with Crippen molar-refractivity contribution in [2.45, 2.75) is 20.0 Å². The number of hydrogen-bond donors (Lipinski definition) is 1. The molecule has 0 unspecified atom stereocenters. The van der Waals surface area contributed by atoms with Crippen LogP contribution >= 0.6 is 0 Å². The summed E-state index contributed by atoms with van der Waals surface area (Å²) in [5.74, 6) is 1.83. The molecule has 0 atom stereocenters. The molecule has 1 aromatic carbocycles. The first-order valence-electron chi connectivity index (χ1n) is 5.07. The summed E-state index contributed by atoms with van der Waals surface area (Å²) in [7, 11) is 0. The minimum atomic E-state index is 0.275. The molecule has 1 heterocycles. The highest BCUT2D eigenvalue weighted by molar-refractivity contribution is 5.41. The fourth-order valence-electron chi connectivity index (χ4n) is 1.20. The SMILES string of the molecule is CCc1nnc(COc2ccc(N)cc2)o1. The minimum Gasteiger partial charge on any atom is -0.484 e. The first kappa shape index (κ1) is 10.5. The van der Waals surface area contributed by atoms with Crippen LogP contribution < -0.4 is 10.5 Å². The van der Waals surface area contributed by atoms with Gasteiger partial charge in [-0.2, -0.15) is 0 Å². The summed E-state index contributed by atoms with van der Waals surface area (Å²) in [6.45, 7) is 2.23. The van der Waals surface area contributed by atoms with Gasteiger partial charge in [0.1, 0.15) is 5.75 Å². The molecule has 0 amide bonds. The molecule has 5 heteroatoms. The van der Waals surface area contributed by atoms with Gasteiger partial charge in [-0.1, -0.05) is 6.92 Å². The number of aryl methyl sites for hydroxylation is 1. The molecule has 0 aliphatic carbocycles. The number of aromatic nitrogens is 2. The van der Waals surface area contributed by atoms with E-state index in [2.05, 4.69) is 10.2 Å². The number of anilines is 1. The van der Waals surface area contributed by atoms with Crippen molar-refractivity contribution in [3.05, 3.63) is 36.0 Å². The van der Waals surface area contributed by atoms with E-state index in [9.17, 15) is 0 Å². The Labute approximate surface area is 93.2 Å². The predicted molar refractivity (Wildman–Crippen MR) is 58.9 cm³/mol. The van der Waals surface area contributed by atoms with Crippen molar-refractivity contribution in [3.63, 3.8) is 0 Å². The first-order chi connectivity index (χ1) is 7.78. The van der Waals surface area contributed by atoms with E-state index in [4.69, 9.17) is 14.9 Å². The normalized spacial score (nSPS) is 10.3. The topological polar surface area (TPSA) is 74.2 Å². The van der Waals surface area contributed by atoms with Gasteiger partial charge in [0.2, 0.25) is 5.89 Å². The van der Waals surface area contributed by atoms with Gasteiger partial charge in [-0.3, -0.25) is 0 Å². The van der Waals surface area contributed by atoms with E-state index in [0.29, 0.717) is 17.5 Å². The molecule has 1 aromatic heterocycles. The molecule has 0 fully saturated rings. The zero-order valence-corrected chi connectivity index (χ0v) is 9.01. The summed E-state index contributed by atoms with van der Waals surface area (Å²) in [5, 5.41) is 7.70. The number of rotatable bonds is 4. The molecule has 0 saturated carbocycles. The van der Waals surface area contributed by atoms with Gasteiger partial charge in [0.15, 0.2) is 6.61 Å². The van der Waals surface area contributed by atoms with E-state index in [1.165, 1.54) is 0 Å². The Morgan fingerprint density at radius 1 is 1.19 bits per heavy atom. The lowest BCUT2D eigenvalue weighted by molar-refractivity contribution is 0.259. The Bertz CT molecular complexity index is 451. The van der Waals surface area contributed by atoms with Crippen LogP contribution in [0.3, 0.4) is 0 Å². The van der Waals surface area contributed by atoms with E-state index >= 15 is 0 Å². The third-order valence-corrected chi connectivity index (χ3v) is 2.05. The first-order valence-corrected chi connectivity index (χ1v) is 5.07. The quantitative estimate of drug-likeness (QED) is 0.793. The number of benzene rings is 1. The maximum atomic E-state index is 5.56. The Morgan fingerprint density at radius 3 is 2.50 bits per heavy atom. The van der Waals surface area contributed by atoms with Crippen LogP contribution in [-0.4, -0.2) is 10.2 Å². The van der Waals surface area contributed by atoms with E-state index in [1.54, 1.807) is 24.3 Å². The molecule has 0 saturated heterocycles. The molecule has 2 N–H and O–H groups in total. The average Bonchev–Trinajstić information content (AvgIpc) is 2.76. The summed E-state index contributed by atoms with van der Waals surface area (Å²) >= 11 is 0. The molecule has 0 aliphatic heterocycles. The van der Waals surface area contributed by atoms with Crippen molar-refractivity contribution in [1.82, 2.24) is 10.2 Å². The molecule has 2 aromatic rings. The molecular weight excluding hydrogens is 206 g/mol. The summed E-state index contributed by atoms with van der Waals surface area (Å²) in [5.41, 5.74) is 6.27. The van der Waals surface area contributed by atoms with Gasteiger partial charge < -0.3 is 14.9 Å². The van der Waals surface area contributed by atoms with Gasteiger partial charge in [0, 0.05) is 12.1 Å². The zero-order chi connectivity index (χ0) is 11.4. The molecule has 5 nitrogen and oxygen atoms in total.